The van der Waals surface area contributed by atoms with Crippen molar-refractivity contribution in [1.29, 1.82) is 0 Å². The molecule has 2 amide bonds. The van der Waals surface area contributed by atoms with Crippen LogP contribution in [0.15, 0.2) is 33.3 Å². The van der Waals surface area contributed by atoms with Gasteiger partial charge in [-0.25, -0.2) is 14.4 Å². The molecule has 1 aliphatic rings. The average molecular weight is 677 g/mol. The summed E-state index contributed by atoms with van der Waals surface area (Å²) in [6, 6.07) is 7.47. The Labute approximate surface area is 264 Å². The van der Waals surface area contributed by atoms with E-state index in [2.05, 4.69) is 21.1 Å². The van der Waals surface area contributed by atoms with Gasteiger partial charge >= 0.3 is 18.0 Å². The number of carbonyl (C=O) groups is 3. The summed E-state index contributed by atoms with van der Waals surface area (Å²) in [5.74, 6) is -0.384. The highest BCUT2D eigenvalue weighted by molar-refractivity contribution is 9.10. The van der Waals surface area contributed by atoms with Gasteiger partial charge < -0.3 is 18.7 Å². The van der Waals surface area contributed by atoms with Gasteiger partial charge in [0, 0.05) is 18.8 Å². The van der Waals surface area contributed by atoms with Gasteiger partial charge in [0.05, 0.1) is 16.5 Å². The molecule has 0 spiro atoms. The number of anilines is 2. The molecular weight excluding hydrogens is 638 g/mol. The van der Waals surface area contributed by atoms with Gasteiger partial charge in [-0.3, -0.25) is 9.80 Å². The van der Waals surface area contributed by atoms with Gasteiger partial charge in [0.2, 0.25) is 0 Å². The highest BCUT2D eigenvalue weighted by Crippen LogP contribution is 2.47. The lowest BCUT2D eigenvalue weighted by Gasteiger charge is -2.37. The molecular formula is C31H38BrN3O7S. The van der Waals surface area contributed by atoms with E-state index < -0.39 is 17.5 Å². The smallest absolute Gasteiger partial charge is 0.351 e. The van der Waals surface area contributed by atoms with Crippen molar-refractivity contribution in [2.24, 2.45) is 0 Å². The molecule has 1 fully saturated rings. The second kappa shape index (κ2) is 13.5. The second-order valence-electron chi connectivity index (χ2n) is 11.5. The molecule has 0 saturated heterocycles. The van der Waals surface area contributed by atoms with Gasteiger partial charge in [0.15, 0.2) is 23.0 Å². The Morgan fingerprint density at radius 2 is 1.84 bits per heavy atom. The third-order valence-corrected chi connectivity index (χ3v) is 9.30. The molecule has 10 nitrogen and oxygen atoms in total. The van der Waals surface area contributed by atoms with Crippen molar-refractivity contribution >= 4 is 56.6 Å². The maximum atomic E-state index is 14.1. The number of methoxy groups -OCH3 is 1. The SMILES string of the molecule is COC(=O)c1sc(-c2cccc(N(C(=O)N(C)c3c(C)noc3C)C3CCCCC3)c2)c(Br)c1OCC(=O)OC(C)(C)C. The third kappa shape index (κ3) is 7.41. The van der Waals surface area contributed by atoms with Crippen LogP contribution in [0.1, 0.15) is 74.0 Å². The minimum atomic E-state index is -0.676. The number of rotatable bonds is 8. The molecule has 2 aromatic heterocycles. The summed E-state index contributed by atoms with van der Waals surface area (Å²) in [5, 5.41) is 4.03. The van der Waals surface area contributed by atoms with Crippen molar-refractivity contribution in [3.63, 3.8) is 0 Å². The number of carbonyl (C=O) groups excluding carboxylic acids is 3. The lowest BCUT2D eigenvalue weighted by molar-refractivity contribution is -0.157. The van der Waals surface area contributed by atoms with E-state index in [-0.39, 0.29) is 29.3 Å². The van der Waals surface area contributed by atoms with Crippen LogP contribution in [0.3, 0.4) is 0 Å². The molecule has 0 bridgehead atoms. The van der Waals surface area contributed by atoms with Crippen LogP contribution < -0.4 is 14.5 Å². The Bertz CT molecular complexity index is 1470. The number of benzene rings is 1. The third-order valence-electron chi connectivity index (χ3n) is 7.08. The number of hydrogen-bond donors (Lipinski definition) is 0. The summed E-state index contributed by atoms with van der Waals surface area (Å²) in [7, 11) is 3.03. The van der Waals surface area contributed by atoms with E-state index in [4.69, 9.17) is 18.7 Å². The Kier molecular flexibility index (Phi) is 10.2. The van der Waals surface area contributed by atoms with Crippen LogP contribution in [-0.2, 0) is 14.3 Å². The summed E-state index contributed by atoms with van der Waals surface area (Å²) in [6.07, 6.45) is 5.01. The van der Waals surface area contributed by atoms with Crippen molar-refractivity contribution in [2.45, 2.75) is 78.4 Å². The minimum absolute atomic E-state index is 0.0181. The normalized spacial score (nSPS) is 13.9. The molecule has 4 rings (SSSR count). The molecule has 2 heterocycles. The number of nitrogens with zero attached hydrogens (tertiary/aromatic N) is 3. The summed E-state index contributed by atoms with van der Waals surface area (Å²) < 4.78 is 22.0. The van der Waals surface area contributed by atoms with Crippen LogP contribution in [0.4, 0.5) is 16.2 Å². The number of hydrogen-bond acceptors (Lipinski definition) is 9. The fourth-order valence-corrected chi connectivity index (χ4v) is 7.23. The van der Waals surface area contributed by atoms with Crippen molar-refractivity contribution in [1.82, 2.24) is 5.16 Å². The molecule has 43 heavy (non-hydrogen) atoms. The predicted octanol–water partition coefficient (Wildman–Crippen LogP) is 7.69. The molecule has 1 saturated carbocycles. The number of ether oxygens (including phenoxy) is 3. The van der Waals surface area contributed by atoms with E-state index in [1.54, 1.807) is 39.6 Å². The number of aryl methyl sites for hydroxylation is 2. The first-order chi connectivity index (χ1) is 20.3. The quantitative estimate of drug-likeness (QED) is 0.224. The fraction of sp³-hybridized carbons (Fsp3) is 0.484. The second-order valence-corrected chi connectivity index (χ2v) is 13.3. The van der Waals surface area contributed by atoms with E-state index in [9.17, 15) is 14.4 Å². The van der Waals surface area contributed by atoms with Crippen molar-refractivity contribution in [3.8, 4) is 16.2 Å². The number of halogens is 1. The molecule has 1 aromatic carbocycles. The lowest BCUT2D eigenvalue weighted by Crippen LogP contribution is -2.48. The van der Waals surface area contributed by atoms with Crippen LogP contribution in [0.2, 0.25) is 0 Å². The molecule has 0 atom stereocenters. The van der Waals surface area contributed by atoms with E-state index in [0.717, 1.165) is 43.4 Å². The largest absolute Gasteiger partial charge is 0.479 e. The van der Waals surface area contributed by atoms with Gasteiger partial charge in [-0.2, -0.15) is 0 Å². The van der Waals surface area contributed by atoms with Gasteiger partial charge in [0.25, 0.3) is 0 Å². The predicted molar refractivity (Wildman–Crippen MR) is 169 cm³/mol. The average Bonchev–Trinajstić information content (AvgIpc) is 3.48. The standard InChI is InChI=1S/C31H38BrN3O7S/c1-18-25(19(2)42-33-18)34(6)30(38)35(21-13-9-8-10-14-21)22-15-11-12-20(16-22)27-24(32)26(28(43-27)29(37)39-7)40-17-23(36)41-31(3,4)5/h11-12,15-16,21H,8-10,13-14,17H2,1-7H3. The number of aromatic nitrogens is 1. The molecule has 12 heteroatoms. The number of amides is 2. The zero-order valence-electron chi connectivity index (χ0n) is 25.6. The molecule has 0 radical (unpaired) electrons. The van der Waals surface area contributed by atoms with E-state index >= 15 is 0 Å². The maximum absolute atomic E-state index is 14.1. The van der Waals surface area contributed by atoms with E-state index in [1.165, 1.54) is 18.4 Å². The maximum Gasteiger partial charge on any atom is 0.351 e. The molecule has 1 aliphatic carbocycles. The van der Waals surface area contributed by atoms with Crippen LogP contribution in [0, 0.1) is 13.8 Å². The highest BCUT2D eigenvalue weighted by Gasteiger charge is 2.33. The fourth-order valence-electron chi connectivity index (χ4n) is 5.27. The zero-order chi connectivity index (χ0) is 31.5. The summed E-state index contributed by atoms with van der Waals surface area (Å²) in [5.41, 5.74) is 2.11. The Morgan fingerprint density at radius 3 is 2.44 bits per heavy atom. The molecule has 0 unspecified atom stereocenters. The molecule has 0 N–H and O–H groups in total. The molecule has 3 aromatic rings. The van der Waals surface area contributed by atoms with Gasteiger partial charge in [-0.1, -0.05) is 36.6 Å². The van der Waals surface area contributed by atoms with E-state index in [1.807, 2.05) is 36.1 Å². The van der Waals surface area contributed by atoms with Crippen molar-refractivity contribution < 1.29 is 33.1 Å². The first-order valence-electron chi connectivity index (χ1n) is 14.2. The van der Waals surface area contributed by atoms with Crippen LogP contribution in [0.5, 0.6) is 5.75 Å². The van der Waals surface area contributed by atoms with Crippen molar-refractivity contribution in [3.05, 3.63) is 45.1 Å². The number of urea groups is 1. The zero-order valence-corrected chi connectivity index (χ0v) is 28.0. The minimum Gasteiger partial charge on any atom is -0.479 e. The Hall–Kier alpha value is -3.38. The molecule has 0 aliphatic heterocycles. The van der Waals surface area contributed by atoms with E-state index in [0.29, 0.717) is 26.5 Å². The van der Waals surface area contributed by atoms with Crippen molar-refractivity contribution in [2.75, 3.05) is 30.6 Å². The first-order valence-corrected chi connectivity index (χ1v) is 15.8. The summed E-state index contributed by atoms with van der Waals surface area (Å²) in [6.45, 7) is 8.53. The van der Waals surface area contributed by atoms with Gasteiger partial charge in [0.1, 0.15) is 17.0 Å². The Balaban J connectivity index is 1.72. The van der Waals surface area contributed by atoms with Crippen LogP contribution >= 0.6 is 27.3 Å². The molecule has 232 valence electrons. The van der Waals surface area contributed by atoms with Gasteiger partial charge in [-0.05, 0) is 81.1 Å². The van der Waals surface area contributed by atoms with Crippen LogP contribution in [0.25, 0.3) is 10.4 Å². The van der Waals surface area contributed by atoms with Crippen LogP contribution in [-0.4, -0.2) is 55.5 Å². The van der Waals surface area contributed by atoms with Gasteiger partial charge in [-0.15, -0.1) is 11.3 Å². The summed E-state index contributed by atoms with van der Waals surface area (Å²) in [4.78, 5) is 43.6. The first kappa shape index (κ1) is 32.5. The topological polar surface area (TPSA) is 111 Å². The number of thiophene rings is 1. The highest BCUT2D eigenvalue weighted by atomic mass is 79.9. The monoisotopic (exact) mass is 675 g/mol. The Morgan fingerprint density at radius 1 is 1.14 bits per heavy atom. The lowest BCUT2D eigenvalue weighted by atomic mass is 9.93. The number of esters is 2. The summed E-state index contributed by atoms with van der Waals surface area (Å²) >= 11 is 4.78.